The van der Waals surface area contributed by atoms with E-state index < -0.39 is 8.32 Å². The Hall–Kier alpha value is 0.0269. The molecule has 5 heteroatoms. The summed E-state index contributed by atoms with van der Waals surface area (Å²) in [7, 11) is -1.76. The van der Waals surface area contributed by atoms with Gasteiger partial charge in [0.05, 0.1) is 10.7 Å². The number of rotatable bonds is 8. The van der Waals surface area contributed by atoms with Crippen LogP contribution in [0.5, 0.6) is 0 Å². The third kappa shape index (κ3) is 7.95. The number of ketones is 1. The monoisotopic (exact) mass is 414 g/mol. The third-order valence-electron chi connectivity index (χ3n) is 5.08. The first kappa shape index (κ1) is 24.1. The molecule has 0 N–H and O–H groups in total. The minimum Gasteiger partial charge on any atom is -0.413 e. The molecule has 0 radical (unpaired) electrons. The summed E-state index contributed by atoms with van der Waals surface area (Å²) in [6.45, 7) is 18.1. The fourth-order valence-electron chi connectivity index (χ4n) is 2.53. The van der Waals surface area contributed by atoms with Gasteiger partial charge in [-0.05, 0) is 74.9 Å². The van der Waals surface area contributed by atoms with Crippen molar-refractivity contribution in [1.82, 2.24) is 0 Å². The van der Waals surface area contributed by atoms with Crippen molar-refractivity contribution in [3.63, 3.8) is 0 Å². The van der Waals surface area contributed by atoms with E-state index in [0.717, 1.165) is 12.0 Å². The fraction of sp³-hybridized carbons (Fsp3) is 0.762. The SMILES string of the molecule is CC(C)=CC1(CCC(=O)/C=C(\C)CO[Si](C)(C)C(C)(C)C)SCCCS1. The number of allylic oxidation sites excluding steroid dienone is 2. The van der Waals surface area contributed by atoms with Crippen molar-refractivity contribution in [2.45, 2.75) is 83.0 Å². The van der Waals surface area contributed by atoms with Crippen LogP contribution < -0.4 is 0 Å². The van der Waals surface area contributed by atoms with Gasteiger partial charge in [0.1, 0.15) is 0 Å². The van der Waals surface area contributed by atoms with Gasteiger partial charge in [0.25, 0.3) is 0 Å². The average molecular weight is 415 g/mol. The Morgan fingerprint density at radius 1 is 1.15 bits per heavy atom. The lowest BCUT2D eigenvalue weighted by Crippen LogP contribution is -2.41. The molecule has 0 atom stereocenters. The van der Waals surface area contributed by atoms with Crippen molar-refractivity contribution in [1.29, 1.82) is 0 Å². The minimum atomic E-state index is -1.76. The summed E-state index contributed by atoms with van der Waals surface area (Å²) in [4.78, 5) is 12.5. The molecule has 1 saturated heterocycles. The van der Waals surface area contributed by atoms with E-state index >= 15 is 0 Å². The first-order valence-electron chi connectivity index (χ1n) is 9.65. The molecule has 0 amide bonds. The van der Waals surface area contributed by atoms with Crippen molar-refractivity contribution in [2.75, 3.05) is 18.1 Å². The second kappa shape index (κ2) is 9.99. The molecule has 0 aromatic carbocycles. The smallest absolute Gasteiger partial charge is 0.192 e. The van der Waals surface area contributed by atoms with Crippen LogP contribution in [0.1, 0.15) is 60.8 Å². The van der Waals surface area contributed by atoms with Crippen LogP contribution in [0.3, 0.4) is 0 Å². The van der Waals surface area contributed by atoms with E-state index in [-0.39, 0.29) is 14.9 Å². The van der Waals surface area contributed by atoms with E-state index in [4.69, 9.17) is 4.43 Å². The van der Waals surface area contributed by atoms with E-state index in [1.165, 1.54) is 23.5 Å². The van der Waals surface area contributed by atoms with Crippen LogP contribution in [0.4, 0.5) is 0 Å². The van der Waals surface area contributed by atoms with E-state index in [0.29, 0.717) is 13.0 Å². The molecule has 0 spiro atoms. The van der Waals surface area contributed by atoms with Gasteiger partial charge < -0.3 is 4.43 Å². The van der Waals surface area contributed by atoms with Crippen LogP contribution in [-0.4, -0.2) is 36.3 Å². The highest BCUT2D eigenvalue weighted by molar-refractivity contribution is 8.19. The largest absolute Gasteiger partial charge is 0.413 e. The molecule has 1 rings (SSSR count). The van der Waals surface area contributed by atoms with Crippen LogP contribution >= 0.6 is 23.5 Å². The Bertz CT molecular complexity index is 535. The molecule has 0 aromatic rings. The van der Waals surface area contributed by atoms with Crippen LogP contribution in [0.15, 0.2) is 23.3 Å². The lowest BCUT2D eigenvalue weighted by Gasteiger charge is -2.36. The normalized spacial score (nSPS) is 18.5. The second-order valence-corrected chi connectivity index (χ2v) is 17.0. The number of hydrogen-bond donors (Lipinski definition) is 0. The summed E-state index contributed by atoms with van der Waals surface area (Å²) in [5.74, 6) is 2.62. The molecule has 150 valence electrons. The van der Waals surface area contributed by atoms with Gasteiger partial charge in [-0.2, -0.15) is 0 Å². The Kier molecular flexibility index (Phi) is 9.25. The second-order valence-electron chi connectivity index (χ2n) is 9.09. The van der Waals surface area contributed by atoms with E-state index in [1.54, 1.807) is 0 Å². The predicted octanol–water partition coefficient (Wildman–Crippen LogP) is 6.84. The quantitative estimate of drug-likeness (QED) is 0.247. The molecule has 0 saturated carbocycles. The molecule has 26 heavy (non-hydrogen) atoms. The molecule has 1 aliphatic rings. The summed E-state index contributed by atoms with van der Waals surface area (Å²) in [6.07, 6.45) is 6.97. The molecular formula is C21H38O2S2Si. The van der Waals surface area contributed by atoms with Crippen molar-refractivity contribution in [3.8, 4) is 0 Å². The fourth-order valence-corrected chi connectivity index (χ4v) is 6.96. The third-order valence-corrected chi connectivity index (χ3v) is 12.9. The topological polar surface area (TPSA) is 26.3 Å². The zero-order chi connectivity index (χ0) is 20.0. The molecule has 2 nitrogen and oxygen atoms in total. The van der Waals surface area contributed by atoms with Gasteiger partial charge in [0.15, 0.2) is 14.1 Å². The molecule has 0 unspecified atom stereocenters. The van der Waals surface area contributed by atoms with Crippen molar-refractivity contribution >= 4 is 37.6 Å². The van der Waals surface area contributed by atoms with Crippen molar-refractivity contribution < 1.29 is 9.22 Å². The number of thioether (sulfide) groups is 2. The highest BCUT2D eigenvalue weighted by Crippen LogP contribution is 2.47. The molecular weight excluding hydrogens is 376 g/mol. The zero-order valence-corrected chi connectivity index (χ0v) is 20.7. The summed E-state index contributed by atoms with van der Waals surface area (Å²) >= 11 is 4.02. The molecule has 1 fully saturated rings. The van der Waals surface area contributed by atoms with Crippen molar-refractivity contribution in [2.24, 2.45) is 0 Å². The first-order valence-corrected chi connectivity index (χ1v) is 14.5. The van der Waals surface area contributed by atoms with Gasteiger partial charge in [-0.15, -0.1) is 23.5 Å². The summed E-state index contributed by atoms with van der Waals surface area (Å²) in [5.41, 5.74) is 2.38. The van der Waals surface area contributed by atoms with Gasteiger partial charge in [-0.25, -0.2) is 0 Å². The Labute approximate surface area is 171 Å². The first-order chi connectivity index (χ1) is 11.9. The molecule has 1 heterocycles. The standard InChI is InChI=1S/C21H38O2S2Si/c1-17(2)15-21(24-12-9-13-25-21)11-10-19(22)14-18(3)16-23-26(7,8)20(4,5)6/h14-15H,9-13,16H2,1-8H3/b18-14+. The van der Waals surface area contributed by atoms with Gasteiger partial charge in [-0.1, -0.05) is 32.4 Å². The predicted molar refractivity (Wildman–Crippen MR) is 123 cm³/mol. The van der Waals surface area contributed by atoms with Crippen molar-refractivity contribution in [3.05, 3.63) is 23.3 Å². The Balaban J connectivity index is 2.61. The molecule has 1 aliphatic heterocycles. The molecule has 0 aromatic heterocycles. The zero-order valence-electron chi connectivity index (χ0n) is 18.0. The van der Waals surface area contributed by atoms with Gasteiger partial charge in [-0.3, -0.25) is 4.79 Å². The van der Waals surface area contributed by atoms with Crippen LogP contribution in [0.25, 0.3) is 0 Å². The van der Waals surface area contributed by atoms with Crippen LogP contribution in [0, 0.1) is 0 Å². The lowest BCUT2D eigenvalue weighted by molar-refractivity contribution is -0.114. The molecule has 0 bridgehead atoms. The van der Waals surface area contributed by atoms with Crippen LogP contribution in [0.2, 0.25) is 18.1 Å². The Morgan fingerprint density at radius 3 is 2.23 bits per heavy atom. The maximum Gasteiger partial charge on any atom is 0.192 e. The van der Waals surface area contributed by atoms with Gasteiger partial charge >= 0.3 is 0 Å². The van der Waals surface area contributed by atoms with E-state index in [2.05, 4.69) is 53.8 Å². The van der Waals surface area contributed by atoms with E-state index in [1.807, 2.05) is 36.5 Å². The Morgan fingerprint density at radius 2 is 1.73 bits per heavy atom. The molecule has 0 aliphatic carbocycles. The summed E-state index contributed by atoms with van der Waals surface area (Å²) in [6, 6.07) is 0. The van der Waals surface area contributed by atoms with Gasteiger partial charge in [0, 0.05) is 6.42 Å². The average Bonchev–Trinajstić information content (AvgIpc) is 2.50. The lowest BCUT2D eigenvalue weighted by atomic mass is 10.1. The van der Waals surface area contributed by atoms with E-state index in [9.17, 15) is 4.79 Å². The maximum atomic E-state index is 12.5. The number of carbonyl (C=O) groups is 1. The number of hydrogen-bond acceptors (Lipinski definition) is 4. The maximum absolute atomic E-state index is 12.5. The highest BCUT2D eigenvalue weighted by atomic mass is 32.2. The van der Waals surface area contributed by atoms with Gasteiger partial charge in [0.2, 0.25) is 0 Å². The summed E-state index contributed by atoms with van der Waals surface area (Å²) in [5, 5.41) is 0.198. The summed E-state index contributed by atoms with van der Waals surface area (Å²) < 4.78 is 6.31. The highest BCUT2D eigenvalue weighted by Gasteiger charge is 2.37. The minimum absolute atomic E-state index is 0.0894. The number of carbonyl (C=O) groups excluding carboxylic acids is 1. The van der Waals surface area contributed by atoms with Crippen LogP contribution in [-0.2, 0) is 9.22 Å².